The van der Waals surface area contributed by atoms with Crippen molar-refractivity contribution in [1.29, 1.82) is 5.26 Å². The fourth-order valence-electron chi connectivity index (χ4n) is 4.91. The van der Waals surface area contributed by atoms with Crippen molar-refractivity contribution in [3.63, 3.8) is 0 Å². The van der Waals surface area contributed by atoms with Crippen LogP contribution in [0.15, 0.2) is 30.7 Å². The van der Waals surface area contributed by atoms with E-state index in [9.17, 15) is 5.26 Å². The minimum Gasteiger partial charge on any atom is -0.352 e. The molecule has 1 saturated carbocycles. The first-order valence-corrected chi connectivity index (χ1v) is 11.3. The Morgan fingerprint density at radius 2 is 1.90 bits per heavy atom. The standard InChI is InChI=1S/C25H28N6/c1-17-18(2)25(28-15-21(17)13-26)30-10-8-23-20(16-30)12-19(14-27-23)24-9-11-31(29-24)22-6-4-3-5-7-22/h9,11-12,14-15,22H,3-8,10,16H2,1-2H3. The summed E-state index contributed by atoms with van der Waals surface area (Å²) in [6.07, 6.45) is 13.1. The molecule has 0 spiro atoms. The van der Waals surface area contributed by atoms with Crippen molar-refractivity contribution >= 4 is 5.82 Å². The molecule has 3 aromatic rings. The van der Waals surface area contributed by atoms with Crippen LogP contribution in [-0.4, -0.2) is 26.3 Å². The molecule has 0 bridgehead atoms. The van der Waals surface area contributed by atoms with Crippen LogP contribution in [0.4, 0.5) is 5.82 Å². The molecule has 31 heavy (non-hydrogen) atoms. The van der Waals surface area contributed by atoms with Gasteiger partial charge < -0.3 is 4.90 Å². The number of pyridine rings is 2. The highest BCUT2D eigenvalue weighted by atomic mass is 15.3. The van der Waals surface area contributed by atoms with Gasteiger partial charge in [0.2, 0.25) is 0 Å². The fraction of sp³-hybridized carbons (Fsp3) is 0.440. The summed E-state index contributed by atoms with van der Waals surface area (Å²) in [6.45, 7) is 5.72. The second-order valence-corrected chi connectivity index (χ2v) is 8.83. The lowest BCUT2D eigenvalue weighted by Crippen LogP contribution is -2.32. The molecule has 1 aliphatic heterocycles. The van der Waals surface area contributed by atoms with Crippen molar-refractivity contribution in [2.45, 2.75) is 65.0 Å². The van der Waals surface area contributed by atoms with Crippen LogP contribution in [0.1, 0.15) is 66.1 Å². The zero-order valence-corrected chi connectivity index (χ0v) is 18.3. The maximum absolute atomic E-state index is 9.28. The van der Waals surface area contributed by atoms with Gasteiger partial charge in [-0.25, -0.2) is 4.98 Å². The van der Waals surface area contributed by atoms with Crippen LogP contribution < -0.4 is 4.90 Å². The van der Waals surface area contributed by atoms with Gasteiger partial charge in [-0.2, -0.15) is 10.4 Å². The second kappa shape index (κ2) is 8.14. The molecule has 0 N–H and O–H groups in total. The van der Waals surface area contributed by atoms with Crippen molar-refractivity contribution in [2.75, 3.05) is 11.4 Å². The predicted octanol–water partition coefficient (Wildman–Crippen LogP) is 4.90. The van der Waals surface area contributed by atoms with Gasteiger partial charge in [-0.15, -0.1) is 0 Å². The molecule has 0 saturated heterocycles. The molecule has 158 valence electrons. The number of aromatic nitrogens is 4. The molecule has 1 fully saturated rings. The molecule has 0 aromatic carbocycles. The fourth-order valence-corrected chi connectivity index (χ4v) is 4.91. The van der Waals surface area contributed by atoms with Crippen LogP contribution in [-0.2, 0) is 13.0 Å². The van der Waals surface area contributed by atoms with Gasteiger partial charge in [0.1, 0.15) is 11.9 Å². The van der Waals surface area contributed by atoms with Crippen LogP contribution in [0, 0.1) is 25.2 Å². The molecule has 2 aliphatic rings. The lowest BCUT2D eigenvalue weighted by Gasteiger charge is -2.31. The number of hydrogen-bond acceptors (Lipinski definition) is 5. The van der Waals surface area contributed by atoms with Gasteiger partial charge in [-0.1, -0.05) is 19.3 Å². The van der Waals surface area contributed by atoms with Gasteiger partial charge in [-0.05, 0) is 55.5 Å². The minimum atomic E-state index is 0.539. The summed E-state index contributed by atoms with van der Waals surface area (Å²) < 4.78 is 2.16. The van der Waals surface area contributed by atoms with E-state index in [0.29, 0.717) is 11.6 Å². The number of hydrogen-bond donors (Lipinski definition) is 0. The summed E-state index contributed by atoms with van der Waals surface area (Å²) in [7, 11) is 0. The summed E-state index contributed by atoms with van der Waals surface area (Å²) in [5.41, 5.74) is 7.22. The van der Waals surface area contributed by atoms with Crippen molar-refractivity contribution < 1.29 is 0 Å². The first kappa shape index (κ1) is 19.7. The number of anilines is 1. The second-order valence-electron chi connectivity index (χ2n) is 8.83. The van der Waals surface area contributed by atoms with Crippen LogP contribution in [0.2, 0.25) is 0 Å². The van der Waals surface area contributed by atoms with Crippen molar-refractivity contribution in [2.24, 2.45) is 0 Å². The van der Waals surface area contributed by atoms with Gasteiger partial charge in [0.15, 0.2) is 0 Å². The van der Waals surface area contributed by atoms with Crippen molar-refractivity contribution in [3.8, 4) is 17.3 Å². The van der Waals surface area contributed by atoms with Crippen LogP contribution in [0.3, 0.4) is 0 Å². The Kier molecular flexibility index (Phi) is 5.19. The zero-order chi connectivity index (χ0) is 21.4. The van der Waals surface area contributed by atoms with Gasteiger partial charge in [0.05, 0.1) is 17.3 Å². The highest BCUT2D eigenvalue weighted by molar-refractivity contribution is 5.61. The summed E-state index contributed by atoms with van der Waals surface area (Å²) in [6, 6.07) is 7.14. The Labute approximate surface area is 183 Å². The third-order valence-corrected chi connectivity index (χ3v) is 6.93. The Morgan fingerprint density at radius 3 is 2.71 bits per heavy atom. The number of nitriles is 1. The maximum atomic E-state index is 9.28. The number of fused-ring (bicyclic) bond motifs is 1. The van der Waals surface area contributed by atoms with E-state index >= 15 is 0 Å². The molecule has 5 rings (SSSR count). The van der Waals surface area contributed by atoms with Gasteiger partial charge >= 0.3 is 0 Å². The van der Waals surface area contributed by atoms with Gasteiger partial charge in [0, 0.05) is 49.4 Å². The first-order valence-electron chi connectivity index (χ1n) is 11.3. The smallest absolute Gasteiger partial charge is 0.132 e. The summed E-state index contributed by atoms with van der Waals surface area (Å²) in [5.74, 6) is 0.967. The normalized spacial score (nSPS) is 16.7. The Balaban J connectivity index is 1.40. The maximum Gasteiger partial charge on any atom is 0.132 e. The summed E-state index contributed by atoms with van der Waals surface area (Å²) in [5, 5.41) is 14.2. The molecule has 0 atom stereocenters. The van der Waals surface area contributed by atoms with Crippen LogP contribution >= 0.6 is 0 Å². The predicted molar refractivity (Wildman–Crippen MR) is 121 cm³/mol. The van der Waals surface area contributed by atoms with E-state index in [1.54, 1.807) is 6.20 Å². The third kappa shape index (κ3) is 3.69. The third-order valence-electron chi connectivity index (χ3n) is 6.93. The average Bonchev–Trinajstić information content (AvgIpc) is 3.31. The molecule has 1 aliphatic carbocycles. The molecule has 3 aromatic heterocycles. The average molecular weight is 413 g/mol. The van der Waals surface area contributed by atoms with Gasteiger partial charge in [0.25, 0.3) is 0 Å². The Hall–Kier alpha value is -3.20. The molecular weight excluding hydrogens is 384 g/mol. The number of rotatable bonds is 3. The molecular formula is C25H28N6. The first-order chi connectivity index (χ1) is 15.1. The molecule has 6 nitrogen and oxygen atoms in total. The molecule has 0 unspecified atom stereocenters. The van der Waals surface area contributed by atoms with Crippen LogP contribution in [0.25, 0.3) is 11.3 Å². The highest BCUT2D eigenvalue weighted by Gasteiger charge is 2.22. The molecule has 6 heteroatoms. The van der Waals surface area contributed by atoms with E-state index in [2.05, 4.69) is 45.9 Å². The Bertz CT molecular complexity index is 1150. The van der Waals surface area contributed by atoms with E-state index in [0.717, 1.165) is 53.4 Å². The van der Waals surface area contributed by atoms with E-state index in [1.165, 1.54) is 37.7 Å². The summed E-state index contributed by atoms with van der Waals surface area (Å²) in [4.78, 5) is 11.7. The minimum absolute atomic E-state index is 0.539. The quantitative estimate of drug-likeness (QED) is 0.612. The Morgan fingerprint density at radius 1 is 1.06 bits per heavy atom. The van der Waals surface area contributed by atoms with E-state index in [4.69, 9.17) is 10.1 Å². The van der Waals surface area contributed by atoms with Crippen molar-refractivity contribution in [3.05, 3.63) is 58.7 Å². The monoisotopic (exact) mass is 412 g/mol. The lowest BCUT2D eigenvalue weighted by atomic mass is 9.96. The molecule has 0 amide bonds. The van der Waals surface area contributed by atoms with Crippen molar-refractivity contribution in [1.82, 2.24) is 19.7 Å². The van der Waals surface area contributed by atoms with E-state index < -0.39 is 0 Å². The van der Waals surface area contributed by atoms with E-state index in [1.807, 2.05) is 13.1 Å². The lowest BCUT2D eigenvalue weighted by molar-refractivity contribution is 0.330. The SMILES string of the molecule is Cc1c(C#N)cnc(N2CCc3ncc(-c4ccn(C5CCCCC5)n4)cc3C2)c1C. The molecule has 0 radical (unpaired) electrons. The highest BCUT2D eigenvalue weighted by Crippen LogP contribution is 2.31. The van der Waals surface area contributed by atoms with Crippen LogP contribution in [0.5, 0.6) is 0 Å². The number of nitrogens with zero attached hydrogens (tertiary/aromatic N) is 6. The molecule has 4 heterocycles. The topological polar surface area (TPSA) is 70.6 Å². The van der Waals surface area contributed by atoms with Gasteiger partial charge in [-0.3, -0.25) is 9.67 Å². The summed E-state index contributed by atoms with van der Waals surface area (Å²) >= 11 is 0. The zero-order valence-electron chi connectivity index (χ0n) is 18.3. The largest absolute Gasteiger partial charge is 0.352 e. The van der Waals surface area contributed by atoms with E-state index in [-0.39, 0.29) is 0 Å².